The van der Waals surface area contributed by atoms with E-state index in [0.29, 0.717) is 54.2 Å². The number of piperidine rings is 1. The minimum Gasteiger partial charge on any atom is -0.493 e. The van der Waals surface area contributed by atoms with E-state index in [0.717, 1.165) is 18.5 Å². The van der Waals surface area contributed by atoms with E-state index in [2.05, 4.69) is 22.1 Å². The van der Waals surface area contributed by atoms with Gasteiger partial charge in [-0.2, -0.15) is 0 Å². The molecule has 0 atom stereocenters. The number of anilines is 3. The zero-order valence-corrected chi connectivity index (χ0v) is 20.3. The summed E-state index contributed by atoms with van der Waals surface area (Å²) in [5, 5.41) is 20.2. The molecule has 11 nitrogen and oxygen atoms in total. The molecule has 5 rings (SSSR count). The van der Waals surface area contributed by atoms with Gasteiger partial charge in [-0.1, -0.05) is 6.92 Å². The van der Waals surface area contributed by atoms with Gasteiger partial charge in [0.25, 0.3) is 0 Å². The number of ether oxygens (including phenoxy) is 2. The fourth-order valence-electron chi connectivity index (χ4n) is 4.64. The maximum Gasteiger partial charge on any atom is 0.323 e. The maximum absolute atomic E-state index is 12.2. The van der Waals surface area contributed by atoms with Crippen molar-refractivity contribution in [3.63, 3.8) is 0 Å². The van der Waals surface area contributed by atoms with Crippen molar-refractivity contribution in [2.75, 3.05) is 37.1 Å². The number of hydrogen-bond donors (Lipinski definition) is 0. The van der Waals surface area contributed by atoms with Crippen LogP contribution in [0.5, 0.6) is 11.5 Å². The van der Waals surface area contributed by atoms with Crippen LogP contribution in [0.15, 0.2) is 51.7 Å². The van der Waals surface area contributed by atoms with Crippen LogP contribution in [0.3, 0.4) is 0 Å². The Hall–Kier alpha value is -4.28. The number of benzene rings is 2. The number of nitrogens with zero attached hydrogens (tertiary/aromatic N) is 5. The van der Waals surface area contributed by atoms with Gasteiger partial charge in [-0.25, -0.2) is 4.63 Å². The van der Waals surface area contributed by atoms with Gasteiger partial charge in [0.15, 0.2) is 17.0 Å². The van der Waals surface area contributed by atoms with Crippen LogP contribution in [0.4, 0.5) is 22.7 Å². The molecular formula is C25H27N5O6. The molecule has 0 spiro atoms. The summed E-state index contributed by atoms with van der Waals surface area (Å²) in [6.45, 7) is 3.96. The van der Waals surface area contributed by atoms with Crippen LogP contribution >= 0.6 is 0 Å². The molecule has 1 aliphatic rings. The number of methoxy groups -OCH3 is 2. The third-order valence-corrected chi connectivity index (χ3v) is 6.64. The largest absolute Gasteiger partial charge is 0.493 e. The summed E-state index contributed by atoms with van der Waals surface area (Å²) >= 11 is 0. The zero-order valence-electron chi connectivity index (χ0n) is 20.3. The predicted molar refractivity (Wildman–Crippen MR) is 133 cm³/mol. The maximum atomic E-state index is 12.2. The van der Waals surface area contributed by atoms with Crippen LogP contribution in [-0.4, -0.2) is 42.5 Å². The third-order valence-electron chi connectivity index (χ3n) is 6.64. The molecule has 0 bridgehead atoms. The lowest BCUT2D eigenvalue weighted by atomic mass is 9.98. The Bertz CT molecular complexity index is 1360. The molecule has 0 N–H and O–H groups in total. The molecule has 11 heteroatoms. The van der Waals surface area contributed by atoms with Crippen LogP contribution in [0.2, 0.25) is 0 Å². The topological polar surface area (TPSA) is 120 Å². The molecule has 3 heterocycles. The molecule has 0 unspecified atom stereocenters. The SMILES string of the molecule is COc1ccc(N(Cc2ccco2)c2cc(N3CCC(C)CC3)c([N+](=O)[O-])c3nonc23)cc1OC. The van der Waals surface area contributed by atoms with Crippen molar-refractivity contribution in [1.82, 2.24) is 10.3 Å². The second-order valence-corrected chi connectivity index (χ2v) is 8.86. The van der Waals surface area contributed by atoms with Crippen molar-refractivity contribution in [2.45, 2.75) is 26.3 Å². The standard InChI is InChI=1S/C25H27N5O6/c1-16-8-10-28(11-9-16)20-14-19(23-24(27-36-26-23)25(20)30(31)32)29(15-18-5-4-12-35-18)17-6-7-21(33-2)22(13-17)34-3/h4-7,12-14,16H,8-11,15H2,1-3H3. The van der Waals surface area contributed by atoms with E-state index in [4.69, 9.17) is 18.5 Å². The van der Waals surface area contributed by atoms with Crippen molar-refractivity contribution in [1.29, 1.82) is 0 Å². The molecule has 188 valence electrons. The molecule has 2 aromatic heterocycles. The molecule has 1 fully saturated rings. The lowest BCUT2D eigenvalue weighted by Crippen LogP contribution is -2.33. The van der Waals surface area contributed by atoms with Crippen molar-refractivity contribution in [3.05, 3.63) is 58.5 Å². The minimum absolute atomic E-state index is 0.102. The number of nitro benzene ring substituents is 1. The van der Waals surface area contributed by atoms with E-state index < -0.39 is 4.92 Å². The molecule has 36 heavy (non-hydrogen) atoms. The van der Waals surface area contributed by atoms with Gasteiger partial charge < -0.3 is 23.7 Å². The Morgan fingerprint density at radius 2 is 1.86 bits per heavy atom. The quantitative estimate of drug-likeness (QED) is 0.236. The molecular weight excluding hydrogens is 466 g/mol. The highest BCUT2D eigenvalue weighted by Crippen LogP contribution is 2.44. The fourth-order valence-corrected chi connectivity index (χ4v) is 4.64. The van der Waals surface area contributed by atoms with Gasteiger partial charge in [0, 0.05) is 24.8 Å². The Balaban J connectivity index is 1.71. The van der Waals surface area contributed by atoms with E-state index in [9.17, 15) is 10.1 Å². The third kappa shape index (κ3) is 4.28. The van der Waals surface area contributed by atoms with Gasteiger partial charge in [-0.05, 0) is 59.4 Å². The van der Waals surface area contributed by atoms with Crippen LogP contribution in [-0.2, 0) is 6.54 Å². The van der Waals surface area contributed by atoms with Crippen molar-refractivity contribution in [2.24, 2.45) is 5.92 Å². The average molecular weight is 494 g/mol. The molecule has 2 aromatic carbocycles. The number of rotatable bonds is 8. The summed E-state index contributed by atoms with van der Waals surface area (Å²) in [7, 11) is 3.14. The first kappa shape index (κ1) is 23.5. The van der Waals surface area contributed by atoms with Gasteiger partial charge >= 0.3 is 5.69 Å². The first-order valence-electron chi connectivity index (χ1n) is 11.7. The Morgan fingerprint density at radius 1 is 1.11 bits per heavy atom. The highest BCUT2D eigenvalue weighted by atomic mass is 16.6. The number of hydrogen-bond acceptors (Lipinski definition) is 10. The minimum atomic E-state index is -0.406. The summed E-state index contributed by atoms with van der Waals surface area (Å²) in [4.78, 5) is 15.8. The monoisotopic (exact) mass is 493 g/mol. The molecule has 0 aliphatic carbocycles. The van der Waals surface area contributed by atoms with E-state index in [1.165, 1.54) is 0 Å². The van der Waals surface area contributed by atoms with E-state index >= 15 is 0 Å². The normalized spacial score (nSPS) is 14.2. The first-order valence-corrected chi connectivity index (χ1v) is 11.7. The number of aromatic nitrogens is 2. The van der Waals surface area contributed by atoms with Crippen molar-refractivity contribution in [3.8, 4) is 11.5 Å². The Kier molecular flexibility index (Phi) is 6.36. The molecule has 0 amide bonds. The molecule has 4 aromatic rings. The number of fused-ring (bicyclic) bond motifs is 1. The average Bonchev–Trinajstić information content (AvgIpc) is 3.59. The molecule has 0 saturated carbocycles. The Labute approximate surface area is 207 Å². The number of nitro groups is 1. The van der Waals surface area contributed by atoms with Crippen molar-refractivity contribution < 1.29 is 23.4 Å². The molecule has 1 aliphatic heterocycles. The van der Waals surface area contributed by atoms with Crippen molar-refractivity contribution >= 4 is 33.8 Å². The fraction of sp³-hybridized carbons (Fsp3) is 0.360. The van der Waals surface area contributed by atoms with Crippen LogP contribution < -0.4 is 19.3 Å². The summed E-state index contributed by atoms with van der Waals surface area (Å²) in [6.07, 6.45) is 3.51. The lowest BCUT2D eigenvalue weighted by Gasteiger charge is -2.33. The predicted octanol–water partition coefficient (Wildman–Crippen LogP) is 5.32. The number of furan rings is 1. The van der Waals surface area contributed by atoms with Crippen LogP contribution in [0.1, 0.15) is 25.5 Å². The Morgan fingerprint density at radius 3 is 2.53 bits per heavy atom. The van der Waals surface area contributed by atoms with Gasteiger partial charge in [0.2, 0.25) is 5.52 Å². The highest BCUT2D eigenvalue weighted by molar-refractivity contribution is 6.01. The second kappa shape index (κ2) is 9.76. The summed E-state index contributed by atoms with van der Waals surface area (Å²) in [5.74, 6) is 2.39. The summed E-state index contributed by atoms with van der Waals surface area (Å²) in [6, 6.07) is 11.0. The first-order chi connectivity index (χ1) is 17.5. The van der Waals surface area contributed by atoms with Crippen LogP contribution in [0.25, 0.3) is 11.0 Å². The van der Waals surface area contributed by atoms with E-state index in [-0.39, 0.29) is 16.7 Å². The highest BCUT2D eigenvalue weighted by Gasteiger charge is 2.32. The van der Waals surface area contributed by atoms with Gasteiger partial charge in [0.1, 0.15) is 11.4 Å². The molecule has 0 radical (unpaired) electrons. The van der Waals surface area contributed by atoms with Gasteiger partial charge in [-0.3, -0.25) is 10.1 Å². The van der Waals surface area contributed by atoms with E-state index in [1.807, 2.05) is 29.2 Å². The summed E-state index contributed by atoms with van der Waals surface area (Å²) < 4.78 is 21.6. The second-order valence-electron chi connectivity index (χ2n) is 8.86. The van der Waals surface area contributed by atoms with Crippen LogP contribution in [0, 0.1) is 16.0 Å². The van der Waals surface area contributed by atoms with Gasteiger partial charge in [0.05, 0.1) is 37.6 Å². The van der Waals surface area contributed by atoms with E-state index in [1.54, 1.807) is 32.6 Å². The summed E-state index contributed by atoms with van der Waals surface area (Å²) in [5.41, 5.74) is 2.15. The van der Waals surface area contributed by atoms with Gasteiger partial charge in [-0.15, -0.1) is 0 Å². The zero-order chi connectivity index (χ0) is 25.2. The lowest BCUT2D eigenvalue weighted by molar-refractivity contribution is -0.382. The smallest absolute Gasteiger partial charge is 0.323 e. The molecule has 1 saturated heterocycles.